The Kier molecular flexibility index (Phi) is 6.34. The summed E-state index contributed by atoms with van der Waals surface area (Å²) >= 11 is 0. The smallest absolute Gasteiger partial charge is 0.246 e. The second-order valence-corrected chi connectivity index (χ2v) is 9.96. The highest BCUT2D eigenvalue weighted by molar-refractivity contribution is 7.89. The average Bonchev–Trinajstić information content (AvgIpc) is 3.55. The first-order valence-electron chi connectivity index (χ1n) is 11.5. The van der Waals surface area contributed by atoms with Crippen molar-refractivity contribution in [1.29, 1.82) is 0 Å². The van der Waals surface area contributed by atoms with E-state index in [1.807, 2.05) is 31.2 Å². The summed E-state index contributed by atoms with van der Waals surface area (Å²) in [6.07, 6.45) is 2.89. The second-order valence-electron chi connectivity index (χ2n) is 8.06. The van der Waals surface area contributed by atoms with E-state index < -0.39 is 10.0 Å². The van der Waals surface area contributed by atoms with Gasteiger partial charge in [-0.2, -0.15) is 24.0 Å². The van der Waals surface area contributed by atoms with E-state index in [4.69, 9.17) is 9.47 Å². The molecule has 3 heterocycles. The fraction of sp³-hybridized carbons (Fsp3) is 0.409. The molecule has 0 N–H and O–H groups in total. The summed E-state index contributed by atoms with van der Waals surface area (Å²) in [5.74, 6) is 0.557. The third-order valence-electron chi connectivity index (χ3n) is 5.83. The van der Waals surface area contributed by atoms with Gasteiger partial charge < -0.3 is 9.47 Å². The number of aromatic nitrogens is 7. The van der Waals surface area contributed by atoms with Crippen LogP contribution in [-0.4, -0.2) is 74.2 Å². The highest BCUT2D eigenvalue weighted by atomic mass is 32.2. The third-order valence-corrected chi connectivity index (χ3v) is 7.71. The normalized spacial score (nSPS) is 17.0. The number of benzene rings is 2. The van der Waals surface area contributed by atoms with Gasteiger partial charge in [0.2, 0.25) is 10.0 Å². The Bertz CT molecular complexity index is 1390. The molecule has 0 radical (unpaired) electrons. The van der Waals surface area contributed by atoms with E-state index in [1.54, 1.807) is 17.8 Å². The van der Waals surface area contributed by atoms with Gasteiger partial charge in [0.1, 0.15) is 39.4 Å². The summed E-state index contributed by atoms with van der Waals surface area (Å²) in [5, 5.41) is 20.4. The van der Waals surface area contributed by atoms with E-state index in [1.165, 1.54) is 21.4 Å². The number of tetrazole rings is 1. The van der Waals surface area contributed by atoms with Crippen molar-refractivity contribution in [3.8, 4) is 17.2 Å². The molecule has 1 aliphatic rings. The molecule has 0 unspecified atom stereocenters. The molecular weight excluding hydrogens is 472 g/mol. The minimum Gasteiger partial charge on any atom is -0.492 e. The molecule has 0 bridgehead atoms. The van der Waals surface area contributed by atoms with Gasteiger partial charge in [-0.1, -0.05) is 12.1 Å². The molecule has 0 amide bonds. The monoisotopic (exact) mass is 498 g/mol. The molecule has 0 spiro atoms. The van der Waals surface area contributed by atoms with Crippen LogP contribution in [0.15, 0.2) is 47.6 Å². The number of nitrogens with zero attached hydrogens (tertiary/aromatic N) is 8. The molecule has 0 aliphatic carbocycles. The van der Waals surface area contributed by atoms with Crippen LogP contribution in [0.5, 0.6) is 11.5 Å². The Balaban J connectivity index is 1.51. The van der Waals surface area contributed by atoms with Crippen molar-refractivity contribution in [3.63, 3.8) is 0 Å². The van der Waals surface area contributed by atoms with Crippen LogP contribution in [-0.2, 0) is 10.0 Å². The maximum absolute atomic E-state index is 13.9. The number of rotatable bonds is 8. The summed E-state index contributed by atoms with van der Waals surface area (Å²) < 4.78 is 42.2. The molecule has 2 aromatic carbocycles. The minimum absolute atomic E-state index is 0.0406. The van der Waals surface area contributed by atoms with Crippen molar-refractivity contribution in [2.45, 2.75) is 37.6 Å². The zero-order chi connectivity index (χ0) is 24.4. The third kappa shape index (κ3) is 4.44. The Hall–Kier alpha value is -3.58. The van der Waals surface area contributed by atoms with Crippen LogP contribution < -0.4 is 9.47 Å². The molecule has 0 saturated carbocycles. The predicted molar refractivity (Wildman–Crippen MR) is 126 cm³/mol. The van der Waals surface area contributed by atoms with Crippen molar-refractivity contribution in [2.24, 2.45) is 0 Å². The lowest BCUT2D eigenvalue weighted by atomic mass is 10.1. The summed E-state index contributed by atoms with van der Waals surface area (Å²) in [5.41, 5.74) is 2.06. The largest absolute Gasteiger partial charge is 0.492 e. The van der Waals surface area contributed by atoms with Crippen LogP contribution in [0.1, 0.15) is 32.7 Å². The average molecular weight is 499 g/mol. The SMILES string of the molecule is CCOc1cc(S(=O)(=O)N2CCC[C@H](n3nc4ccccc4n3)C2)c(OCC)cc1-n1cnnn1. The maximum atomic E-state index is 13.9. The van der Waals surface area contributed by atoms with Gasteiger partial charge in [0.15, 0.2) is 0 Å². The highest BCUT2D eigenvalue weighted by Crippen LogP contribution is 2.37. The van der Waals surface area contributed by atoms with Crippen molar-refractivity contribution >= 4 is 21.1 Å². The molecule has 184 valence electrons. The molecule has 5 rings (SSSR count). The Morgan fingerprint density at radius 1 is 1.03 bits per heavy atom. The lowest BCUT2D eigenvalue weighted by molar-refractivity contribution is 0.238. The molecule has 1 saturated heterocycles. The Morgan fingerprint density at radius 2 is 1.74 bits per heavy atom. The van der Waals surface area contributed by atoms with Gasteiger partial charge in [-0.25, -0.2) is 8.42 Å². The topological polar surface area (TPSA) is 130 Å². The molecule has 1 atom stereocenters. The minimum atomic E-state index is -3.91. The maximum Gasteiger partial charge on any atom is 0.246 e. The molecule has 12 nitrogen and oxygen atoms in total. The Labute approximate surface area is 202 Å². The molecular formula is C22H26N8O4S. The molecule has 1 fully saturated rings. The fourth-order valence-corrected chi connectivity index (χ4v) is 5.87. The van der Waals surface area contributed by atoms with Gasteiger partial charge in [0.05, 0.1) is 19.3 Å². The number of sulfonamides is 1. The van der Waals surface area contributed by atoms with Crippen LogP contribution in [0.25, 0.3) is 16.7 Å². The quantitative estimate of drug-likeness (QED) is 0.359. The van der Waals surface area contributed by atoms with E-state index in [0.29, 0.717) is 31.0 Å². The molecule has 1 aliphatic heterocycles. The van der Waals surface area contributed by atoms with E-state index in [9.17, 15) is 8.42 Å². The van der Waals surface area contributed by atoms with E-state index in [0.717, 1.165) is 17.5 Å². The fourth-order valence-electron chi connectivity index (χ4n) is 4.23. The first kappa shape index (κ1) is 23.2. The lowest BCUT2D eigenvalue weighted by Crippen LogP contribution is -2.41. The number of piperidine rings is 1. The van der Waals surface area contributed by atoms with Crippen LogP contribution in [0.2, 0.25) is 0 Å². The van der Waals surface area contributed by atoms with Gasteiger partial charge >= 0.3 is 0 Å². The molecule has 4 aromatic rings. The summed E-state index contributed by atoms with van der Waals surface area (Å²) in [6.45, 7) is 4.90. The van der Waals surface area contributed by atoms with Gasteiger partial charge in [-0.3, -0.25) is 0 Å². The van der Waals surface area contributed by atoms with Gasteiger partial charge in [0, 0.05) is 25.2 Å². The van der Waals surface area contributed by atoms with E-state index >= 15 is 0 Å². The molecule has 13 heteroatoms. The zero-order valence-electron chi connectivity index (χ0n) is 19.5. The summed E-state index contributed by atoms with van der Waals surface area (Å²) in [4.78, 5) is 1.68. The van der Waals surface area contributed by atoms with Crippen molar-refractivity contribution in [3.05, 3.63) is 42.7 Å². The van der Waals surface area contributed by atoms with Crippen molar-refractivity contribution < 1.29 is 17.9 Å². The van der Waals surface area contributed by atoms with Crippen LogP contribution in [0.4, 0.5) is 0 Å². The van der Waals surface area contributed by atoms with E-state index in [2.05, 4.69) is 25.7 Å². The number of hydrogen-bond acceptors (Lipinski definition) is 9. The van der Waals surface area contributed by atoms with Gasteiger partial charge in [0.25, 0.3) is 0 Å². The standard InChI is InChI=1S/C22H26N8O4S/c1-3-33-20-13-22(21(34-4-2)12-19(20)29-15-23-26-27-29)35(31,32)28-11-7-8-16(14-28)30-24-17-9-5-6-10-18(17)25-30/h5-6,9-10,12-13,15-16H,3-4,7-8,11,14H2,1-2H3/t16-/m0/s1. The highest BCUT2D eigenvalue weighted by Gasteiger charge is 2.35. The summed E-state index contributed by atoms with van der Waals surface area (Å²) in [7, 11) is -3.91. The molecule has 35 heavy (non-hydrogen) atoms. The van der Waals surface area contributed by atoms with Crippen LogP contribution in [0.3, 0.4) is 0 Å². The first-order valence-corrected chi connectivity index (χ1v) is 12.9. The summed E-state index contributed by atoms with van der Waals surface area (Å²) in [6, 6.07) is 10.5. The van der Waals surface area contributed by atoms with E-state index in [-0.39, 0.29) is 29.8 Å². The Morgan fingerprint density at radius 3 is 2.40 bits per heavy atom. The predicted octanol–water partition coefficient (Wildman–Crippen LogP) is 2.23. The van der Waals surface area contributed by atoms with Crippen molar-refractivity contribution in [2.75, 3.05) is 26.3 Å². The molecule has 2 aromatic heterocycles. The van der Waals surface area contributed by atoms with Crippen LogP contribution >= 0.6 is 0 Å². The first-order chi connectivity index (χ1) is 17.0. The van der Waals surface area contributed by atoms with Crippen molar-refractivity contribution in [1.82, 2.24) is 39.5 Å². The number of ether oxygens (including phenoxy) is 2. The number of hydrogen-bond donors (Lipinski definition) is 0. The van der Waals surface area contributed by atoms with Crippen LogP contribution in [0, 0.1) is 0 Å². The van der Waals surface area contributed by atoms with Gasteiger partial charge in [-0.05, 0) is 49.2 Å². The number of fused-ring (bicyclic) bond motifs is 1. The second kappa shape index (κ2) is 9.58. The zero-order valence-corrected chi connectivity index (χ0v) is 20.3. The lowest BCUT2D eigenvalue weighted by Gasteiger charge is -2.31. The van der Waals surface area contributed by atoms with Gasteiger partial charge in [-0.15, -0.1) is 5.10 Å².